The van der Waals surface area contributed by atoms with E-state index in [-0.39, 0.29) is 12.5 Å². The van der Waals surface area contributed by atoms with Crippen molar-refractivity contribution >= 4 is 23.1 Å². The molecule has 2 aromatic carbocycles. The second kappa shape index (κ2) is 6.32. The van der Waals surface area contributed by atoms with Gasteiger partial charge in [0, 0.05) is 16.6 Å². The van der Waals surface area contributed by atoms with E-state index in [1.165, 1.54) is 0 Å². The van der Waals surface area contributed by atoms with E-state index in [0.717, 1.165) is 28.3 Å². The van der Waals surface area contributed by atoms with Crippen LogP contribution in [-0.4, -0.2) is 23.4 Å². The van der Waals surface area contributed by atoms with Crippen molar-refractivity contribution in [2.75, 3.05) is 6.61 Å². The third kappa shape index (κ3) is 2.71. The molecule has 1 heterocycles. The first kappa shape index (κ1) is 16.0. The van der Waals surface area contributed by atoms with Crippen molar-refractivity contribution < 1.29 is 14.3 Å². The average Bonchev–Trinajstić information content (AvgIpc) is 2.86. The van der Waals surface area contributed by atoms with Gasteiger partial charge in [0.05, 0.1) is 5.52 Å². The second-order valence-electron chi connectivity index (χ2n) is 5.92. The Labute approximate surface area is 140 Å². The lowest BCUT2D eigenvalue weighted by molar-refractivity contribution is 0.0840. The molecule has 122 valence electrons. The van der Waals surface area contributed by atoms with E-state index >= 15 is 0 Å². The molecule has 0 fully saturated rings. The van der Waals surface area contributed by atoms with Gasteiger partial charge in [0.2, 0.25) is 0 Å². The number of carbonyl (C=O) groups excluding carboxylic acids is 2. The largest absolute Gasteiger partial charge is 0.483 e. The highest BCUT2D eigenvalue weighted by Crippen LogP contribution is 2.25. The Kier molecular flexibility index (Phi) is 4.21. The van der Waals surface area contributed by atoms with Crippen LogP contribution >= 0.6 is 0 Å². The van der Waals surface area contributed by atoms with Crippen molar-refractivity contribution in [2.45, 2.75) is 20.8 Å². The highest BCUT2D eigenvalue weighted by molar-refractivity contribution is 6.04. The van der Waals surface area contributed by atoms with E-state index in [0.29, 0.717) is 17.0 Å². The van der Waals surface area contributed by atoms with Crippen LogP contribution in [0.15, 0.2) is 42.5 Å². The molecule has 0 saturated carbocycles. The van der Waals surface area contributed by atoms with Gasteiger partial charge < -0.3 is 4.74 Å². The number of rotatable bonds is 4. The summed E-state index contributed by atoms with van der Waals surface area (Å²) in [5, 5.41) is 0.782. The molecule has 0 aliphatic carbocycles. The number of aromatic nitrogens is 1. The van der Waals surface area contributed by atoms with Gasteiger partial charge in [-0.2, -0.15) is 0 Å². The van der Waals surface area contributed by atoms with Crippen molar-refractivity contribution in [1.82, 2.24) is 4.57 Å². The maximum Gasteiger partial charge on any atom is 0.269 e. The Hall–Kier alpha value is -2.88. The van der Waals surface area contributed by atoms with Gasteiger partial charge in [-0.1, -0.05) is 30.3 Å². The summed E-state index contributed by atoms with van der Waals surface area (Å²) < 4.78 is 7.28. The molecule has 3 aromatic rings. The molecule has 0 aliphatic heterocycles. The third-order valence-electron chi connectivity index (χ3n) is 4.22. The second-order valence-corrected chi connectivity index (χ2v) is 5.92. The van der Waals surface area contributed by atoms with Gasteiger partial charge in [-0.05, 0) is 44.0 Å². The van der Waals surface area contributed by atoms with Crippen molar-refractivity contribution in [3.63, 3.8) is 0 Å². The number of hydrogen-bond acceptors (Lipinski definition) is 3. The molecule has 4 nitrogen and oxygen atoms in total. The molecule has 1 aromatic heterocycles. The SMILES string of the molecule is Cc1ccc(C)c(OCC(=O)n2c(C)c(C=O)c3ccccc32)c1. The van der Waals surface area contributed by atoms with Gasteiger partial charge in [-0.15, -0.1) is 0 Å². The van der Waals surface area contributed by atoms with Crippen LogP contribution in [0.25, 0.3) is 10.9 Å². The predicted octanol–water partition coefficient (Wildman–Crippen LogP) is 4.10. The van der Waals surface area contributed by atoms with Gasteiger partial charge in [-0.3, -0.25) is 14.2 Å². The van der Waals surface area contributed by atoms with E-state index < -0.39 is 0 Å². The predicted molar refractivity (Wildman–Crippen MR) is 94.1 cm³/mol. The molecule has 24 heavy (non-hydrogen) atoms. The van der Waals surface area contributed by atoms with E-state index in [4.69, 9.17) is 4.74 Å². The molecular weight excluding hydrogens is 302 g/mol. The van der Waals surface area contributed by atoms with Crippen molar-refractivity contribution in [3.05, 3.63) is 64.8 Å². The molecule has 0 spiro atoms. The number of hydrogen-bond donors (Lipinski definition) is 0. The van der Waals surface area contributed by atoms with Crippen molar-refractivity contribution in [3.8, 4) is 5.75 Å². The average molecular weight is 321 g/mol. The molecule has 0 unspecified atom stereocenters. The van der Waals surface area contributed by atoms with E-state index in [2.05, 4.69) is 0 Å². The summed E-state index contributed by atoms with van der Waals surface area (Å²) in [7, 11) is 0. The first-order valence-electron chi connectivity index (χ1n) is 7.81. The lowest BCUT2D eigenvalue weighted by Gasteiger charge is -2.11. The fourth-order valence-electron chi connectivity index (χ4n) is 2.93. The fourth-order valence-corrected chi connectivity index (χ4v) is 2.93. The van der Waals surface area contributed by atoms with E-state index in [1.807, 2.05) is 56.3 Å². The van der Waals surface area contributed by atoms with Crippen LogP contribution < -0.4 is 4.74 Å². The Balaban J connectivity index is 1.93. The number of carbonyl (C=O) groups is 2. The highest BCUT2D eigenvalue weighted by Gasteiger charge is 2.18. The van der Waals surface area contributed by atoms with Crippen molar-refractivity contribution in [2.24, 2.45) is 0 Å². The van der Waals surface area contributed by atoms with Gasteiger partial charge in [0.25, 0.3) is 5.91 Å². The molecule has 0 radical (unpaired) electrons. The number of aldehydes is 1. The van der Waals surface area contributed by atoms with Gasteiger partial charge >= 0.3 is 0 Å². The van der Waals surface area contributed by atoms with Gasteiger partial charge in [-0.25, -0.2) is 0 Å². The number of nitrogens with zero attached hydrogens (tertiary/aromatic N) is 1. The lowest BCUT2D eigenvalue weighted by atomic mass is 10.1. The summed E-state index contributed by atoms with van der Waals surface area (Å²) in [4.78, 5) is 24.1. The van der Waals surface area contributed by atoms with Crippen LogP contribution in [0.2, 0.25) is 0 Å². The number of para-hydroxylation sites is 1. The highest BCUT2D eigenvalue weighted by atomic mass is 16.5. The summed E-state index contributed by atoms with van der Waals surface area (Å²) in [6.45, 7) is 5.62. The smallest absolute Gasteiger partial charge is 0.269 e. The maximum absolute atomic E-state index is 12.7. The van der Waals surface area contributed by atoms with Gasteiger partial charge in [0.1, 0.15) is 5.75 Å². The van der Waals surface area contributed by atoms with Crippen LogP contribution in [-0.2, 0) is 0 Å². The molecule has 4 heteroatoms. The first-order chi connectivity index (χ1) is 11.5. The lowest BCUT2D eigenvalue weighted by Crippen LogP contribution is -2.20. The zero-order valence-electron chi connectivity index (χ0n) is 14.0. The topological polar surface area (TPSA) is 48.3 Å². The Morgan fingerprint density at radius 3 is 2.62 bits per heavy atom. The molecule has 0 saturated heterocycles. The minimum Gasteiger partial charge on any atom is -0.483 e. The molecule has 0 aliphatic rings. The zero-order chi connectivity index (χ0) is 17.3. The Morgan fingerprint density at radius 2 is 1.88 bits per heavy atom. The molecule has 0 atom stereocenters. The molecule has 0 N–H and O–H groups in total. The zero-order valence-corrected chi connectivity index (χ0v) is 14.0. The quantitative estimate of drug-likeness (QED) is 0.680. The molecule has 0 amide bonds. The molecule has 3 rings (SSSR count). The summed E-state index contributed by atoms with van der Waals surface area (Å²) >= 11 is 0. The van der Waals surface area contributed by atoms with E-state index in [1.54, 1.807) is 11.5 Å². The first-order valence-corrected chi connectivity index (χ1v) is 7.81. The van der Waals surface area contributed by atoms with Crippen LogP contribution in [0, 0.1) is 20.8 Å². The summed E-state index contributed by atoms with van der Waals surface area (Å²) in [6, 6.07) is 13.3. The summed E-state index contributed by atoms with van der Waals surface area (Å²) in [6.07, 6.45) is 0.799. The summed E-state index contributed by atoms with van der Waals surface area (Å²) in [5.41, 5.74) is 3.98. The standard InChI is InChI=1S/C20H19NO3/c1-13-8-9-14(2)19(10-13)24-12-20(23)21-15(3)17(11-22)16-6-4-5-7-18(16)21/h4-11H,12H2,1-3H3. The normalized spacial score (nSPS) is 10.8. The van der Waals surface area contributed by atoms with Crippen molar-refractivity contribution in [1.29, 1.82) is 0 Å². The van der Waals surface area contributed by atoms with E-state index in [9.17, 15) is 9.59 Å². The fraction of sp³-hybridized carbons (Fsp3) is 0.200. The van der Waals surface area contributed by atoms with Crippen LogP contribution in [0.3, 0.4) is 0 Å². The number of benzene rings is 2. The molecule has 0 bridgehead atoms. The minimum atomic E-state index is -0.197. The monoisotopic (exact) mass is 321 g/mol. The number of fused-ring (bicyclic) bond motifs is 1. The minimum absolute atomic E-state index is 0.0812. The van der Waals surface area contributed by atoms with Crippen LogP contribution in [0.1, 0.15) is 32.0 Å². The van der Waals surface area contributed by atoms with Gasteiger partial charge in [0.15, 0.2) is 12.9 Å². The Morgan fingerprint density at radius 1 is 1.12 bits per heavy atom. The maximum atomic E-state index is 12.7. The van der Waals surface area contributed by atoms with Crippen LogP contribution in [0.4, 0.5) is 0 Å². The van der Waals surface area contributed by atoms with Crippen LogP contribution in [0.5, 0.6) is 5.75 Å². The summed E-state index contributed by atoms with van der Waals surface area (Å²) in [5.74, 6) is 0.505. The molecular formula is C20H19NO3. The number of ether oxygens (including phenoxy) is 1. The number of aryl methyl sites for hydroxylation is 2. The Bertz CT molecular complexity index is 937. The third-order valence-corrected chi connectivity index (χ3v) is 4.22.